The van der Waals surface area contributed by atoms with Crippen LogP contribution in [0.25, 0.3) is 0 Å². The van der Waals surface area contributed by atoms with Gasteiger partial charge < -0.3 is 58.9 Å². The normalized spacial score (nSPS) is 34.8. The van der Waals surface area contributed by atoms with E-state index in [-0.39, 0.29) is 42.8 Å². The first-order valence-corrected chi connectivity index (χ1v) is 18.5. The third kappa shape index (κ3) is 11.0. The summed E-state index contributed by atoms with van der Waals surface area (Å²) in [6, 6.07) is -0.307. The third-order valence-electron chi connectivity index (χ3n) is 11.4. The van der Waals surface area contributed by atoms with E-state index in [2.05, 4.69) is 0 Å². The lowest BCUT2D eigenvalue weighted by atomic mass is 9.76. The van der Waals surface area contributed by atoms with Crippen LogP contribution in [-0.4, -0.2) is 149 Å². The average molecular weight is 748 g/mol. The van der Waals surface area contributed by atoms with Crippen LogP contribution in [0.5, 0.6) is 0 Å². The Labute approximate surface area is 310 Å². The molecule has 2 fully saturated rings. The molecule has 2 rings (SSSR count). The number of likely N-dealkylation sites (N-methyl/N-ethyl adjacent to an activating group) is 1. The van der Waals surface area contributed by atoms with Gasteiger partial charge in [0.25, 0.3) is 0 Å². The van der Waals surface area contributed by atoms with E-state index in [1.807, 2.05) is 25.9 Å². The molecule has 14 heteroatoms. The minimum atomic E-state index is -1.63. The summed E-state index contributed by atoms with van der Waals surface area (Å²) in [5.41, 5.74) is -3.70. The van der Waals surface area contributed by atoms with Gasteiger partial charge in [0.1, 0.15) is 17.8 Å². The molecule has 2 heterocycles. The number of aliphatic carboxylic acids is 1. The molecule has 16 atom stereocenters. The van der Waals surface area contributed by atoms with Crippen molar-refractivity contribution in [3.8, 4) is 0 Å². The largest absolute Gasteiger partial charge is 0.481 e. The van der Waals surface area contributed by atoms with Crippen molar-refractivity contribution in [2.75, 3.05) is 28.3 Å². The van der Waals surface area contributed by atoms with Crippen LogP contribution in [0.15, 0.2) is 11.6 Å². The molecule has 0 amide bonds. The zero-order valence-corrected chi connectivity index (χ0v) is 33.9. The number of aliphatic hydroxyl groups excluding tert-OH is 3. The van der Waals surface area contributed by atoms with Crippen molar-refractivity contribution in [2.45, 2.75) is 173 Å². The SMILES string of the molecule is CC[C@H](O)[C@](C)(O)/C=C(\C)C(=O)[C@@H](C)C[C@](C)(OC)[C@@H](O[C@H]1O[C@@H](C)C[C@@H](N(C)C)[C@@H]1O)[C@H](C)[C@@H](O[C@@H]1C[C@](C)(OC)[C@H](O)[C@@H](C)O1)[C@H](C)C(=O)O. The van der Waals surface area contributed by atoms with Crippen LogP contribution in [-0.2, 0) is 38.0 Å². The highest BCUT2D eigenvalue weighted by Crippen LogP contribution is 2.40. The van der Waals surface area contributed by atoms with Crippen molar-refractivity contribution < 1.29 is 63.5 Å². The van der Waals surface area contributed by atoms with Crippen molar-refractivity contribution >= 4 is 11.8 Å². The summed E-state index contributed by atoms with van der Waals surface area (Å²) in [6.45, 7) is 16.8. The highest BCUT2D eigenvalue weighted by molar-refractivity contribution is 5.96. The summed E-state index contributed by atoms with van der Waals surface area (Å²) in [6.07, 6.45) is -5.89. The molecule has 52 heavy (non-hydrogen) atoms. The molecule has 0 unspecified atom stereocenters. The monoisotopic (exact) mass is 747 g/mol. The Balaban J connectivity index is 2.64. The summed E-state index contributed by atoms with van der Waals surface area (Å²) in [4.78, 5) is 28.3. The van der Waals surface area contributed by atoms with Crippen LogP contribution >= 0.6 is 0 Å². The van der Waals surface area contributed by atoms with Crippen LogP contribution in [0, 0.1) is 17.8 Å². The fourth-order valence-electron chi connectivity index (χ4n) is 7.83. The van der Waals surface area contributed by atoms with Crippen LogP contribution in [0.4, 0.5) is 0 Å². The van der Waals surface area contributed by atoms with Gasteiger partial charge in [0, 0.05) is 38.5 Å². The Kier molecular flexibility index (Phi) is 16.9. The molecule has 0 bridgehead atoms. The maximum absolute atomic E-state index is 13.8. The van der Waals surface area contributed by atoms with Crippen LogP contribution in [0.2, 0.25) is 0 Å². The number of hydrogen-bond donors (Lipinski definition) is 5. The zero-order valence-electron chi connectivity index (χ0n) is 33.9. The molecule has 0 aromatic rings. The second kappa shape index (κ2) is 18.9. The number of carboxylic acids is 1. The summed E-state index contributed by atoms with van der Waals surface area (Å²) < 4.78 is 37.3. The predicted molar refractivity (Wildman–Crippen MR) is 193 cm³/mol. The highest BCUT2D eigenvalue weighted by atomic mass is 16.7. The number of rotatable bonds is 19. The molecule has 14 nitrogen and oxygen atoms in total. The van der Waals surface area contributed by atoms with Gasteiger partial charge in [-0.3, -0.25) is 9.59 Å². The number of Topliss-reactive ketones (excluding diaryl/α,β-unsaturated/α-hetero) is 1. The van der Waals surface area contributed by atoms with E-state index in [1.165, 1.54) is 34.1 Å². The third-order valence-corrected chi connectivity index (χ3v) is 11.4. The highest BCUT2D eigenvalue weighted by Gasteiger charge is 2.52. The average Bonchev–Trinajstić information content (AvgIpc) is 3.07. The van der Waals surface area contributed by atoms with Crippen LogP contribution in [0.1, 0.15) is 94.9 Å². The number of ketones is 1. The number of allylic oxidation sites excluding steroid dienone is 1. The molecule has 2 aliphatic rings. The van der Waals surface area contributed by atoms with Gasteiger partial charge in [0.2, 0.25) is 0 Å². The van der Waals surface area contributed by atoms with Crippen molar-refractivity contribution in [1.29, 1.82) is 0 Å². The van der Waals surface area contributed by atoms with Gasteiger partial charge in [0.15, 0.2) is 18.4 Å². The van der Waals surface area contributed by atoms with Gasteiger partial charge in [-0.1, -0.05) is 20.8 Å². The van der Waals surface area contributed by atoms with Crippen LogP contribution < -0.4 is 0 Å². The van der Waals surface area contributed by atoms with Gasteiger partial charge in [-0.15, -0.1) is 0 Å². The van der Waals surface area contributed by atoms with Crippen molar-refractivity contribution in [2.24, 2.45) is 17.8 Å². The first-order valence-electron chi connectivity index (χ1n) is 18.5. The number of carbonyl (C=O) groups is 2. The van der Waals surface area contributed by atoms with Gasteiger partial charge in [-0.25, -0.2) is 0 Å². The van der Waals surface area contributed by atoms with Gasteiger partial charge in [-0.05, 0) is 93.5 Å². The Bertz CT molecular complexity index is 1200. The molecule has 0 aliphatic carbocycles. The molecular formula is C38H69NO13. The number of ether oxygens (including phenoxy) is 6. The fourth-order valence-corrected chi connectivity index (χ4v) is 7.83. The van der Waals surface area contributed by atoms with E-state index in [0.717, 1.165) is 0 Å². The second-order valence-corrected chi connectivity index (χ2v) is 16.1. The minimum absolute atomic E-state index is 0.0789. The van der Waals surface area contributed by atoms with E-state index in [0.29, 0.717) is 6.42 Å². The second-order valence-electron chi connectivity index (χ2n) is 16.1. The van der Waals surface area contributed by atoms with Crippen LogP contribution in [0.3, 0.4) is 0 Å². The number of carbonyl (C=O) groups excluding carboxylic acids is 1. The standard InChI is InChI=1S/C38H69NO13/c1-15-27(40)36(8,46)17-20(2)29(41)21(3)18-38(10,48-14)33(52-35-30(42)26(39(11)12)16-22(4)49-35)23(5)31(24(6)34(44)45)51-28-19-37(9,47-13)32(43)25(7)50-28/h17,21-28,30-33,35,40,42-43,46H,15-16,18-19H2,1-14H3,(H,44,45)/b20-17+/t21-,22-,23+,24-,25+,26+,27-,28+,30-,31+,32+,33-,35+,36+,37-,38-/m0/s1. The summed E-state index contributed by atoms with van der Waals surface area (Å²) in [5.74, 6) is -3.98. The Hall–Kier alpha value is -1.56. The predicted octanol–water partition coefficient (Wildman–Crippen LogP) is 2.91. The number of hydrogen-bond acceptors (Lipinski definition) is 13. The number of aliphatic hydroxyl groups is 4. The van der Waals surface area contributed by atoms with Crippen molar-refractivity contribution in [1.82, 2.24) is 4.90 Å². The zero-order chi connectivity index (χ0) is 40.1. The van der Waals surface area contributed by atoms with E-state index in [1.54, 1.807) is 48.5 Å². The molecule has 0 aromatic carbocycles. The molecular weight excluding hydrogens is 678 g/mol. The van der Waals surface area contributed by atoms with Crippen molar-refractivity contribution in [3.05, 3.63) is 11.6 Å². The maximum atomic E-state index is 13.8. The van der Waals surface area contributed by atoms with Crippen molar-refractivity contribution in [3.63, 3.8) is 0 Å². The van der Waals surface area contributed by atoms with E-state index < -0.39 is 89.7 Å². The van der Waals surface area contributed by atoms with E-state index >= 15 is 0 Å². The Morgan fingerprint density at radius 3 is 2.17 bits per heavy atom. The summed E-state index contributed by atoms with van der Waals surface area (Å²) in [5, 5.41) is 53.8. The Morgan fingerprint density at radius 1 is 1.08 bits per heavy atom. The topological polar surface area (TPSA) is 194 Å². The van der Waals surface area contributed by atoms with Gasteiger partial charge in [0.05, 0.1) is 47.6 Å². The molecule has 0 spiro atoms. The smallest absolute Gasteiger partial charge is 0.308 e. The maximum Gasteiger partial charge on any atom is 0.308 e. The lowest BCUT2D eigenvalue weighted by molar-refractivity contribution is -0.319. The summed E-state index contributed by atoms with van der Waals surface area (Å²) >= 11 is 0. The number of nitrogens with zero attached hydrogens (tertiary/aromatic N) is 1. The molecule has 0 aromatic heterocycles. The molecule has 0 saturated carbocycles. The molecule has 0 radical (unpaired) electrons. The molecule has 5 N–H and O–H groups in total. The molecule has 2 aliphatic heterocycles. The quantitative estimate of drug-likeness (QED) is 0.121. The Morgan fingerprint density at radius 2 is 1.67 bits per heavy atom. The first kappa shape index (κ1) is 46.6. The number of carboxylic acid groups (broad SMARTS) is 1. The molecule has 304 valence electrons. The number of methoxy groups -OCH3 is 2. The van der Waals surface area contributed by atoms with E-state index in [9.17, 15) is 35.1 Å². The fraction of sp³-hybridized carbons (Fsp3) is 0.895. The lowest BCUT2D eigenvalue weighted by Gasteiger charge is -2.49. The van der Waals surface area contributed by atoms with Gasteiger partial charge in [-0.2, -0.15) is 0 Å². The van der Waals surface area contributed by atoms with E-state index in [4.69, 9.17) is 28.4 Å². The van der Waals surface area contributed by atoms with Gasteiger partial charge >= 0.3 is 5.97 Å². The summed E-state index contributed by atoms with van der Waals surface area (Å²) in [7, 11) is 6.67. The first-order chi connectivity index (χ1) is 23.9. The lowest BCUT2D eigenvalue weighted by Crippen LogP contribution is -2.60. The molecule has 2 saturated heterocycles. The minimum Gasteiger partial charge on any atom is -0.481 e.